The van der Waals surface area contributed by atoms with Crippen LogP contribution in [0, 0.1) is 13.8 Å². The van der Waals surface area contributed by atoms with Gasteiger partial charge >= 0.3 is 0 Å². The molecule has 0 radical (unpaired) electrons. The highest BCUT2D eigenvalue weighted by Crippen LogP contribution is 2.30. The van der Waals surface area contributed by atoms with Crippen molar-refractivity contribution in [2.45, 2.75) is 13.8 Å². The first-order valence-electron chi connectivity index (χ1n) is 10.9. The molecule has 2 N–H and O–H groups in total. The Kier molecular flexibility index (Phi) is 7.50. The number of amides is 2. The normalized spacial score (nSPS) is 13.5. The van der Waals surface area contributed by atoms with E-state index >= 15 is 0 Å². The molecule has 0 aliphatic carbocycles. The largest absolute Gasteiger partial charge is 0.367 e. The fourth-order valence-corrected chi connectivity index (χ4v) is 4.97. The molecule has 176 valence electrons. The number of thiophene rings is 1. The number of hydrogen-bond acceptors (Lipinski definition) is 5. The van der Waals surface area contributed by atoms with Crippen LogP contribution in [0.2, 0.25) is 5.02 Å². The SMILES string of the molecule is Cc1ccc(C(=O)NC(=S)Nc2ccc(N3CCN(C(=O)c4cccs4)CC3)c(Cl)c2)cc1C. The smallest absolute Gasteiger partial charge is 0.264 e. The van der Waals surface area contributed by atoms with Crippen molar-refractivity contribution in [1.29, 1.82) is 0 Å². The standard InChI is InChI=1S/C25H25ClN4O2S2/c1-16-5-6-18(14-17(16)2)23(31)28-25(33)27-19-7-8-21(20(26)15-19)29-9-11-30(12-10-29)24(32)22-4-3-13-34-22/h3-8,13-15H,9-12H2,1-2H3,(H2,27,28,31,33). The molecule has 3 aromatic rings. The summed E-state index contributed by atoms with van der Waals surface area (Å²) in [4.78, 5) is 29.9. The number of aryl methyl sites for hydroxylation is 2. The lowest BCUT2D eigenvalue weighted by Crippen LogP contribution is -2.48. The molecule has 0 atom stereocenters. The third kappa shape index (κ3) is 5.58. The number of hydrogen-bond donors (Lipinski definition) is 2. The first kappa shape index (κ1) is 24.2. The molecule has 2 aromatic carbocycles. The molecular weight excluding hydrogens is 488 g/mol. The maximum Gasteiger partial charge on any atom is 0.264 e. The predicted octanol–water partition coefficient (Wildman–Crippen LogP) is 5.11. The van der Waals surface area contributed by atoms with E-state index in [0.717, 1.165) is 21.7 Å². The quantitative estimate of drug-likeness (QED) is 0.476. The third-order valence-electron chi connectivity index (χ3n) is 5.84. The molecular formula is C25H25ClN4O2S2. The van der Waals surface area contributed by atoms with Gasteiger partial charge in [-0.3, -0.25) is 14.9 Å². The van der Waals surface area contributed by atoms with Gasteiger partial charge in [-0.1, -0.05) is 23.7 Å². The topological polar surface area (TPSA) is 64.7 Å². The Labute approximate surface area is 213 Å². The van der Waals surface area contributed by atoms with Crippen molar-refractivity contribution in [2.75, 3.05) is 36.4 Å². The molecule has 2 amide bonds. The number of carbonyl (C=O) groups is 2. The summed E-state index contributed by atoms with van der Waals surface area (Å²) in [7, 11) is 0. The van der Waals surface area contributed by atoms with Crippen molar-refractivity contribution in [3.05, 3.63) is 80.5 Å². The van der Waals surface area contributed by atoms with E-state index in [-0.39, 0.29) is 16.9 Å². The zero-order chi connectivity index (χ0) is 24.2. The van der Waals surface area contributed by atoms with Crippen LogP contribution < -0.4 is 15.5 Å². The summed E-state index contributed by atoms with van der Waals surface area (Å²) in [6.07, 6.45) is 0. The number of nitrogens with one attached hydrogen (secondary N) is 2. The van der Waals surface area contributed by atoms with Gasteiger partial charge in [0, 0.05) is 37.4 Å². The van der Waals surface area contributed by atoms with Gasteiger partial charge in [-0.05, 0) is 79.0 Å². The first-order valence-corrected chi connectivity index (χ1v) is 12.6. The van der Waals surface area contributed by atoms with Crippen molar-refractivity contribution in [3.8, 4) is 0 Å². The Morgan fingerprint density at radius 3 is 2.41 bits per heavy atom. The molecule has 1 fully saturated rings. The molecule has 1 aromatic heterocycles. The Morgan fingerprint density at radius 1 is 1.00 bits per heavy atom. The van der Waals surface area contributed by atoms with Crippen LogP contribution in [0.1, 0.15) is 31.2 Å². The van der Waals surface area contributed by atoms with Gasteiger partial charge in [0.15, 0.2) is 5.11 Å². The average Bonchev–Trinajstić information content (AvgIpc) is 3.35. The van der Waals surface area contributed by atoms with Crippen molar-refractivity contribution in [3.63, 3.8) is 0 Å². The molecule has 0 spiro atoms. The Hall–Kier alpha value is -2.94. The zero-order valence-electron chi connectivity index (χ0n) is 18.9. The number of rotatable bonds is 4. The molecule has 9 heteroatoms. The van der Waals surface area contributed by atoms with Crippen molar-refractivity contribution < 1.29 is 9.59 Å². The van der Waals surface area contributed by atoms with Gasteiger partial charge in [0.2, 0.25) is 0 Å². The fourth-order valence-electron chi connectivity index (χ4n) is 3.77. The minimum atomic E-state index is -0.265. The molecule has 0 unspecified atom stereocenters. The summed E-state index contributed by atoms with van der Waals surface area (Å²) in [6.45, 7) is 6.65. The highest BCUT2D eigenvalue weighted by Gasteiger charge is 2.24. The number of piperazine rings is 1. The predicted molar refractivity (Wildman–Crippen MR) is 143 cm³/mol. The van der Waals surface area contributed by atoms with E-state index in [0.29, 0.717) is 42.5 Å². The minimum absolute atomic E-state index is 0.0802. The maximum absolute atomic E-state index is 12.6. The summed E-state index contributed by atoms with van der Waals surface area (Å²) in [6, 6.07) is 14.9. The summed E-state index contributed by atoms with van der Waals surface area (Å²) in [5.74, 6) is -0.185. The fraction of sp³-hybridized carbons (Fsp3) is 0.240. The molecule has 4 rings (SSSR count). The minimum Gasteiger partial charge on any atom is -0.367 e. The van der Waals surface area contributed by atoms with Crippen LogP contribution in [0.4, 0.5) is 11.4 Å². The van der Waals surface area contributed by atoms with E-state index in [4.69, 9.17) is 23.8 Å². The summed E-state index contributed by atoms with van der Waals surface area (Å²) < 4.78 is 0. The van der Waals surface area contributed by atoms with Crippen LogP contribution in [-0.2, 0) is 0 Å². The zero-order valence-corrected chi connectivity index (χ0v) is 21.3. The third-order valence-corrected chi connectivity index (χ3v) is 7.21. The molecule has 0 saturated carbocycles. The van der Waals surface area contributed by atoms with Crippen molar-refractivity contribution in [2.24, 2.45) is 0 Å². The van der Waals surface area contributed by atoms with E-state index in [2.05, 4.69) is 15.5 Å². The van der Waals surface area contributed by atoms with Crippen LogP contribution in [-0.4, -0.2) is 48.0 Å². The second kappa shape index (κ2) is 10.5. The summed E-state index contributed by atoms with van der Waals surface area (Å²) in [5.41, 5.74) is 4.32. The van der Waals surface area contributed by atoms with E-state index in [1.807, 2.05) is 60.5 Å². The molecule has 2 heterocycles. The Bertz CT molecular complexity index is 1220. The van der Waals surface area contributed by atoms with Crippen LogP contribution >= 0.6 is 35.2 Å². The van der Waals surface area contributed by atoms with Crippen molar-refractivity contribution in [1.82, 2.24) is 10.2 Å². The lowest BCUT2D eigenvalue weighted by molar-refractivity contribution is 0.0751. The number of halogens is 1. The van der Waals surface area contributed by atoms with Crippen molar-refractivity contribution >= 4 is 63.5 Å². The average molecular weight is 513 g/mol. The first-order chi connectivity index (χ1) is 16.3. The summed E-state index contributed by atoms with van der Waals surface area (Å²) >= 11 is 13.3. The lowest BCUT2D eigenvalue weighted by Gasteiger charge is -2.36. The molecule has 6 nitrogen and oxygen atoms in total. The molecule has 34 heavy (non-hydrogen) atoms. The van der Waals surface area contributed by atoms with Crippen LogP contribution in [0.15, 0.2) is 53.9 Å². The number of thiocarbonyl (C=S) groups is 1. The summed E-state index contributed by atoms with van der Waals surface area (Å²) in [5, 5.41) is 8.42. The maximum atomic E-state index is 12.6. The van der Waals surface area contributed by atoms with Gasteiger partial charge in [-0.15, -0.1) is 11.3 Å². The second-order valence-corrected chi connectivity index (χ2v) is 9.89. The van der Waals surface area contributed by atoms with E-state index in [9.17, 15) is 9.59 Å². The van der Waals surface area contributed by atoms with Gasteiger partial charge in [0.05, 0.1) is 15.6 Å². The number of benzene rings is 2. The molecule has 1 aliphatic rings. The van der Waals surface area contributed by atoms with Gasteiger partial charge in [-0.25, -0.2) is 0 Å². The van der Waals surface area contributed by atoms with Gasteiger partial charge in [0.25, 0.3) is 11.8 Å². The second-order valence-electron chi connectivity index (χ2n) is 8.13. The van der Waals surface area contributed by atoms with Gasteiger partial charge in [0.1, 0.15) is 0 Å². The highest BCUT2D eigenvalue weighted by atomic mass is 35.5. The number of anilines is 2. The molecule has 1 saturated heterocycles. The van der Waals surface area contributed by atoms with Crippen LogP contribution in [0.5, 0.6) is 0 Å². The highest BCUT2D eigenvalue weighted by molar-refractivity contribution is 7.80. The molecule has 0 bridgehead atoms. The van der Waals surface area contributed by atoms with E-state index in [1.165, 1.54) is 11.3 Å². The van der Waals surface area contributed by atoms with E-state index < -0.39 is 0 Å². The number of nitrogens with zero attached hydrogens (tertiary/aromatic N) is 2. The van der Waals surface area contributed by atoms with E-state index in [1.54, 1.807) is 12.1 Å². The van der Waals surface area contributed by atoms with Crippen LogP contribution in [0.25, 0.3) is 0 Å². The Balaban J connectivity index is 1.33. The van der Waals surface area contributed by atoms with Gasteiger partial charge in [-0.2, -0.15) is 0 Å². The van der Waals surface area contributed by atoms with Gasteiger partial charge < -0.3 is 15.1 Å². The lowest BCUT2D eigenvalue weighted by atomic mass is 10.1. The monoisotopic (exact) mass is 512 g/mol. The Morgan fingerprint density at radius 2 is 1.76 bits per heavy atom. The molecule has 1 aliphatic heterocycles. The number of carbonyl (C=O) groups excluding carboxylic acids is 2. The van der Waals surface area contributed by atoms with Crippen LogP contribution in [0.3, 0.4) is 0 Å².